The van der Waals surface area contributed by atoms with E-state index in [-0.39, 0.29) is 5.91 Å². The zero-order chi connectivity index (χ0) is 17.6. The number of rotatable bonds is 7. The van der Waals surface area contributed by atoms with E-state index in [0.29, 0.717) is 12.2 Å². The second kappa shape index (κ2) is 9.23. The zero-order valence-electron chi connectivity index (χ0n) is 14.3. The maximum absolute atomic E-state index is 12.2. The summed E-state index contributed by atoms with van der Waals surface area (Å²) in [6.45, 7) is 9.68. The molecule has 1 aliphatic heterocycles. The van der Waals surface area contributed by atoms with E-state index in [2.05, 4.69) is 43.0 Å². The quantitative estimate of drug-likeness (QED) is 0.667. The van der Waals surface area contributed by atoms with Crippen molar-refractivity contribution in [2.75, 3.05) is 45.8 Å². The predicted octanol–water partition coefficient (Wildman–Crippen LogP) is 3.39. The number of nitrogens with zero attached hydrogens (tertiary/aromatic N) is 3. The SMILES string of the molecule is CCN1CCN(CCCNC(=O)c2csc(-c3cc(Br)cs3)n2)CC1. The molecular weight excluding hydrogens is 420 g/mol. The number of piperazine rings is 1. The van der Waals surface area contributed by atoms with Gasteiger partial charge in [-0.1, -0.05) is 6.92 Å². The zero-order valence-corrected chi connectivity index (χ0v) is 17.6. The molecule has 1 aliphatic rings. The largest absolute Gasteiger partial charge is 0.351 e. The van der Waals surface area contributed by atoms with Crippen LogP contribution in [0.15, 0.2) is 21.3 Å². The van der Waals surface area contributed by atoms with Crippen LogP contribution >= 0.6 is 38.6 Å². The van der Waals surface area contributed by atoms with Gasteiger partial charge in [-0.05, 0) is 41.5 Å². The number of hydrogen-bond acceptors (Lipinski definition) is 6. The molecule has 3 rings (SSSR count). The monoisotopic (exact) mass is 442 g/mol. The summed E-state index contributed by atoms with van der Waals surface area (Å²) in [6, 6.07) is 2.03. The number of likely N-dealkylation sites (N-methyl/N-ethyl adjacent to an activating group) is 1. The van der Waals surface area contributed by atoms with Gasteiger partial charge in [-0.15, -0.1) is 22.7 Å². The molecule has 1 N–H and O–H groups in total. The van der Waals surface area contributed by atoms with E-state index in [1.54, 1.807) is 11.3 Å². The third-order valence-corrected chi connectivity index (χ3v) is 7.07. The second-order valence-electron chi connectivity index (χ2n) is 6.05. The Hall–Kier alpha value is -0.800. The average Bonchev–Trinajstić information content (AvgIpc) is 3.28. The van der Waals surface area contributed by atoms with Crippen LogP contribution in [-0.4, -0.2) is 66.5 Å². The van der Waals surface area contributed by atoms with E-state index >= 15 is 0 Å². The molecule has 0 bridgehead atoms. The smallest absolute Gasteiger partial charge is 0.270 e. The summed E-state index contributed by atoms with van der Waals surface area (Å²) < 4.78 is 1.05. The van der Waals surface area contributed by atoms with Crippen molar-refractivity contribution in [1.29, 1.82) is 0 Å². The van der Waals surface area contributed by atoms with Crippen molar-refractivity contribution in [2.24, 2.45) is 0 Å². The molecule has 1 amide bonds. The third kappa shape index (κ3) is 5.34. The fraction of sp³-hybridized carbons (Fsp3) is 0.529. The van der Waals surface area contributed by atoms with Crippen molar-refractivity contribution < 1.29 is 4.79 Å². The first-order valence-corrected chi connectivity index (χ1v) is 11.1. The number of carbonyl (C=O) groups is 1. The molecule has 0 unspecified atom stereocenters. The first-order valence-electron chi connectivity index (χ1n) is 8.58. The highest BCUT2D eigenvalue weighted by molar-refractivity contribution is 9.10. The molecule has 5 nitrogen and oxygen atoms in total. The molecule has 0 aromatic carbocycles. The maximum Gasteiger partial charge on any atom is 0.270 e. The lowest BCUT2D eigenvalue weighted by Gasteiger charge is -2.33. The van der Waals surface area contributed by atoms with Crippen LogP contribution in [0, 0.1) is 0 Å². The highest BCUT2D eigenvalue weighted by Crippen LogP contribution is 2.31. The molecule has 2 aromatic heterocycles. The van der Waals surface area contributed by atoms with Crippen LogP contribution in [0.3, 0.4) is 0 Å². The molecule has 0 radical (unpaired) electrons. The van der Waals surface area contributed by atoms with Gasteiger partial charge in [-0.2, -0.15) is 0 Å². The lowest BCUT2D eigenvalue weighted by molar-refractivity contribution is 0.0944. The lowest BCUT2D eigenvalue weighted by atomic mass is 10.3. The fourth-order valence-electron chi connectivity index (χ4n) is 2.84. The van der Waals surface area contributed by atoms with Crippen LogP contribution in [0.2, 0.25) is 0 Å². The predicted molar refractivity (Wildman–Crippen MR) is 109 cm³/mol. The topological polar surface area (TPSA) is 48.5 Å². The molecular formula is C17H23BrN4OS2. The molecule has 136 valence electrons. The van der Waals surface area contributed by atoms with Crippen LogP contribution in [0.1, 0.15) is 23.8 Å². The summed E-state index contributed by atoms with van der Waals surface area (Å²) in [5.74, 6) is -0.0751. The van der Waals surface area contributed by atoms with Gasteiger partial charge in [0.25, 0.3) is 5.91 Å². The Balaban J connectivity index is 1.39. The number of carbonyl (C=O) groups excluding carboxylic acids is 1. The van der Waals surface area contributed by atoms with Crippen molar-refractivity contribution in [3.63, 3.8) is 0 Å². The number of aromatic nitrogens is 1. The summed E-state index contributed by atoms with van der Waals surface area (Å²) in [4.78, 5) is 22.7. The minimum absolute atomic E-state index is 0.0751. The van der Waals surface area contributed by atoms with Gasteiger partial charge in [0.1, 0.15) is 10.7 Å². The molecule has 3 heterocycles. The lowest BCUT2D eigenvalue weighted by Crippen LogP contribution is -2.46. The molecule has 1 saturated heterocycles. The Morgan fingerprint density at radius 1 is 1.24 bits per heavy atom. The standard InChI is InChI=1S/C17H23BrN4OS2/c1-2-21-6-8-22(9-7-21)5-3-4-19-16(23)14-12-25-17(20-14)15-10-13(18)11-24-15/h10-12H,2-9H2,1H3,(H,19,23). The van der Waals surface area contributed by atoms with Gasteiger partial charge < -0.3 is 15.1 Å². The molecule has 1 fully saturated rings. The Labute approximate surface area is 165 Å². The van der Waals surface area contributed by atoms with Gasteiger partial charge in [0.2, 0.25) is 0 Å². The summed E-state index contributed by atoms with van der Waals surface area (Å²) in [5, 5.41) is 7.75. The first kappa shape index (κ1) is 19.0. The van der Waals surface area contributed by atoms with Crippen molar-refractivity contribution >= 4 is 44.5 Å². The number of thiazole rings is 1. The van der Waals surface area contributed by atoms with E-state index in [1.807, 2.05) is 16.8 Å². The van der Waals surface area contributed by atoms with Gasteiger partial charge in [0, 0.05) is 48.0 Å². The molecule has 8 heteroatoms. The normalized spacial score (nSPS) is 16.2. The van der Waals surface area contributed by atoms with Crippen molar-refractivity contribution in [2.45, 2.75) is 13.3 Å². The number of thiophene rings is 1. The van der Waals surface area contributed by atoms with Crippen molar-refractivity contribution in [1.82, 2.24) is 20.1 Å². The maximum atomic E-state index is 12.2. The summed E-state index contributed by atoms with van der Waals surface area (Å²) in [7, 11) is 0. The minimum Gasteiger partial charge on any atom is -0.351 e. The molecule has 2 aromatic rings. The molecule has 0 spiro atoms. The van der Waals surface area contributed by atoms with E-state index in [0.717, 1.165) is 60.0 Å². The van der Waals surface area contributed by atoms with Crippen LogP contribution in [0.25, 0.3) is 9.88 Å². The van der Waals surface area contributed by atoms with Crippen LogP contribution in [0.5, 0.6) is 0 Å². The molecule has 0 aliphatic carbocycles. The third-order valence-electron chi connectivity index (χ3n) is 4.36. The highest BCUT2D eigenvalue weighted by Gasteiger charge is 2.15. The molecule has 25 heavy (non-hydrogen) atoms. The Bertz CT molecular complexity index is 694. The van der Waals surface area contributed by atoms with E-state index in [9.17, 15) is 4.79 Å². The minimum atomic E-state index is -0.0751. The van der Waals surface area contributed by atoms with Crippen LogP contribution in [-0.2, 0) is 0 Å². The summed E-state index contributed by atoms with van der Waals surface area (Å²) >= 11 is 6.59. The first-order chi connectivity index (χ1) is 12.2. The van der Waals surface area contributed by atoms with E-state index in [4.69, 9.17) is 0 Å². The average molecular weight is 443 g/mol. The Morgan fingerprint density at radius 2 is 2.00 bits per heavy atom. The molecule has 0 saturated carbocycles. The van der Waals surface area contributed by atoms with Gasteiger partial charge >= 0.3 is 0 Å². The fourth-order valence-corrected chi connectivity index (χ4v) is 5.15. The van der Waals surface area contributed by atoms with Gasteiger partial charge in [0.15, 0.2) is 0 Å². The number of hydrogen-bond donors (Lipinski definition) is 1. The number of nitrogens with one attached hydrogen (secondary N) is 1. The molecule has 0 atom stereocenters. The van der Waals surface area contributed by atoms with E-state index in [1.165, 1.54) is 11.3 Å². The van der Waals surface area contributed by atoms with Crippen LogP contribution in [0.4, 0.5) is 0 Å². The van der Waals surface area contributed by atoms with Gasteiger partial charge in [-0.25, -0.2) is 4.98 Å². The Kier molecular flexibility index (Phi) is 7.00. The second-order valence-corrected chi connectivity index (χ2v) is 8.74. The van der Waals surface area contributed by atoms with Crippen LogP contribution < -0.4 is 5.32 Å². The number of halogens is 1. The summed E-state index contributed by atoms with van der Waals surface area (Å²) in [5.41, 5.74) is 0.515. The highest BCUT2D eigenvalue weighted by atomic mass is 79.9. The van der Waals surface area contributed by atoms with Gasteiger partial charge in [0.05, 0.1) is 4.88 Å². The summed E-state index contributed by atoms with van der Waals surface area (Å²) in [6.07, 6.45) is 0.979. The van der Waals surface area contributed by atoms with Gasteiger partial charge in [-0.3, -0.25) is 4.79 Å². The number of amides is 1. The van der Waals surface area contributed by atoms with Crippen molar-refractivity contribution in [3.05, 3.63) is 27.0 Å². The van der Waals surface area contributed by atoms with Crippen molar-refractivity contribution in [3.8, 4) is 9.88 Å². The van der Waals surface area contributed by atoms with E-state index < -0.39 is 0 Å². The Morgan fingerprint density at radius 3 is 2.68 bits per heavy atom.